The van der Waals surface area contributed by atoms with Crippen molar-refractivity contribution in [3.05, 3.63) is 48.5 Å². The number of benzene rings is 1. The fraction of sp³-hybridized carbons (Fsp3) is 0.455. The molecule has 2 fully saturated rings. The van der Waals surface area contributed by atoms with Crippen molar-refractivity contribution in [2.75, 3.05) is 24.5 Å². The highest BCUT2D eigenvalue weighted by molar-refractivity contribution is 5.83. The number of carbonyl (C=O) groups is 1. The second-order valence-electron chi connectivity index (χ2n) is 8.18. The molecule has 0 bridgehead atoms. The van der Waals surface area contributed by atoms with Crippen LogP contribution in [-0.4, -0.2) is 62.5 Å². The van der Waals surface area contributed by atoms with E-state index in [1.165, 1.54) is 5.56 Å². The largest absolute Gasteiger partial charge is 0.355 e. The minimum absolute atomic E-state index is 0.0188. The quantitative estimate of drug-likeness (QED) is 0.676. The maximum absolute atomic E-state index is 13.0. The van der Waals surface area contributed by atoms with E-state index < -0.39 is 0 Å². The number of carbonyl (C=O) groups excluding carboxylic acids is 1. The van der Waals surface area contributed by atoms with Crippen molar-refractivity contribution < 1.29 is 4.79 Å². The highest BCUT2D eigenvalue weighted by atomic mass is 16.2. The molecule has 8 nitrogen and oxygen atoms in total. The SMILES string of the molecule is O=C(NC1CCN(c2ncnc3nc[nH]c23)CC1)C1CCCN1Cc1ccccc1. The Morgan fingerprint density at radius 3 is 2.73 bits per heavy atom. The molecule has 156 valence electrons. The molecule has 2 aliphatic rings. The number of nitrogens with one attached hydrogen (secondary N) is 2. The van der Waals surface area contributed by atoms with Crippen molar-refractivity contribution in [2.24, 2.45) is 0 Å². The topological polar surface area (TPSA) is 90.0 Å². The first-order valence-corrected chi connectivity index (χ1v) is 10.8. The third-order valence-electron chi connectivity index (χ3n) is 6.24. The van der Waals surface area contributed by atoms with Gasteiger partial charge in [0, 0.05) is 25.7 Å². The molecule has 4 heterocycles. The van der Waals surface area contributed by atoms with Gasteiger partial charge in [0.05, 0.1) is 12.4 Å². The van der Waals surface area contributed by atoms with Crippen molar-refractivity contribution in [2.45, 2.75) is 44.3 Å². The smallest absolute Gasteiger partial charge is 0.237 e. The number of hydrogen-bond acceptors (Lipinski definition) is 6. The maximum atomic E-state index is 13.0. The van der Waals surface area contributed by atoms with Crippen LogP contribution in [0, 0.1) is 0 Å². The van der Waals surface area contributed by atoms with E-state index in [4.69, 9.17) is 0 Å². The zero-order chi connectivity index (χ0) is 20.3. The van der Waals surface area contributed by atoms with Crippen LogP contribution in [0.2, 0.25) is 0 Å². The van der Waals surface area contributed by atoms with Gasteiger partial charge in [-0.25, -0.2) is 15.0 Å². The number of rotatable bonds is 5. The Bertz CT molecular complexity index is 997. The molecular formula is C22H27N7O. The third-order valence-corrected chi connectivity index (χ3v) is 6.24. The fourth-order valence-electron chi connectivity index (χ4n) is 4.66. The Morgan fingerprint density at radius 1 is 1.07 bits per heavy atom. The lowest BCUT2D eigenvalue weighted by Gasteiger charge is -2.34. The molecule has 2 saturated heterocycles. The summed E-state index contributed by atoms with van der Waals surface area (Å²) in [6, 6.07) is 10.6. The summed E-state index contributed by atoms with van der Waals surface area (Å²) in [5.41, 5.74) is 2.83. The van der Waals surface area contributed by atoms with Crippen LogP contribution in [0.1, 0.15) is 31.2 Å². The predicted molar refractivity (Wildman–Crippen MR) is 115 cm³/mol. The summed E-state index contributed by atoms with van der Waals surface area (Å²) in [4.78, 5) is 33.6. The van der Waals surface area contributed by atoms with Crippen LogP contribution in [-0.2, 0) is 11.3 Å². The van der Waals surface area contributed by atoms with Gasteiger partial charge in [0.1, 0.15) is 11.8 Å². The molecule has 2 N–H and O–H groups in total. The molecule has 2 aliphatic heterocycles. The highest BCUT2D eigenvalue weighted by Crippen LogP contribution is 2.24. The summed E-state index contributed by atoms with van der Waals surface area (Å²) >= 11 is 0. The number of likely N-dealkylation sites (tertiary alicyclic amines) is 1. The predicted octanol–water partition coefficient (Wildman–Crippen LogP) is 2.10. The van der Waals surface area contributed by atoms with Crippen LogP contribution in [0.25, 0.3) is 11.2 Å². The molecule has 5 rings (SSSR count). The molecule has 2 aromatic heterocycles. The Kier molecular flexibility index (Phi) is 5.31. The van der Waals surface area contributed by atoms with Crippen molar-refractivity contribution in [1.29, 1.82) is 0 Å². The van der Waals surface area contributed by atoms with Crippen molar-refractivity contribution in [3.8, 4) is 0 Å². The molecule has 30 heavy (non-hydrogen) atoms. The summed E-state index contributed by atoms with van der Waals surface area (Å²) in [5.74, 6) is 1.08. The minimum Gasteiger partial charge on any atom is -0.355 e. The number of nitrogens with zero attached hydrogens (tertiary/aromatic N) is 5. The molecule has 0 saturated carbocycles. The number of imidazole rings is 1. The van der Waals surface area contributed by atoms with Gasteiger partial charge in [0.2, 0.25) is 5.91 Å². The van der Waals surface area contributed by atoms with Gasteiger partial charge in [-0.05, 0) is 37.8 Å². The minimum atomic E-state index is -0.0188. The van der Waals surface area contributed by atoms with E-state index in [0.717, 1.165) is 63.2 Å². The van der Waals surface area contributed by atoms with Gasteiger partial charge in [-0.15, -0.1) is 0 Å². The fourth-order valence-corrected chi connectivity index (χ4v) is 4.66. The first-order chi connectivity index (χ1) is 14.8. The lowest BCUT2D eigenvalue weighted by Crippen LogP contribution is -2.50. The lowest BCUT2D eigenvalue weighted by atomic mass is 10.0. The Hall–Kier alpha value is -3.00. The van der Waals surface area contributed by atoms with Crippen molar-refractivity contribution in [1.82, 2.24) is 30.2 Å². The van der Waals surface area contributed by atoms with Gasteiger partial charge in [-0.1, -0.05) is 30.3 Å². The van der Waals surface area contributed by atoms with Crippen LogP contribution in [0.5, 0.6) is 0 Å². The summed E-state index contributed by atoms with van der Waals surface area (Å²) in [5, 5.41) is 3.32. The number of hydrogen-bond donors (Lipinski definition) is 2. The molecule has 0 spiro atoms. The van der Waals surface area contributed by atoms with E-state index in [2.05, 4.69) is 59.3 Å². The van der Waals surface area contributed by atoms with Crippen LogP contribution in [0.4, 0.5) is 5.82 Å². The molecular weight excluding hydrogens is 378 g/mol. The number of fused-ring (bicyclic) bond motifs is 1. The highest BCUT2D eigenvalue weighted by Gasteiger charge is 2.32. The van der Waals surface area contributed by atoms with E-state index in [0.29, 0.717) is 5.65 Å². The van der Waals surface area contributed by atoms with Crippen molar-refractivity contribution in [3.63, 3.8) is 0 Å². The summed E-state index contributed by atoms with van der Waals surface area (Å²) in [6.07, 6.45) is 7.06. The number of amides is 1. The lowest BCUT2D eigenvalue weighted by molar-refractivity contribution is -0.126. The summed E-state index contributed by atoms with van der Waals surface area (Å²) < 4.78 is 0. The number of aromatic amines is 1. The van der Waals surface area contributed by atoms with Gasteiger partial charge in [-0.2, -0.15) is 0 Å². The van der Waals surface area contributed by atoms with E-state index in [1.807, 2.05) is 6.07 Å². The van der Waals surface area contributed by atoms with E-state index in [9.17, 15) is 4.79 Å². The van der Waals surface area contributed by atoms with Crippen LogP contribution in [0.15, 0.2) is 43.0 Å². The van der Waals surface area contributed by atoms with Crippen molar-refractivity contribution >= 4 is 22.9 Å². The first-order valence-electron chi connectivity index (χ1n) is 10.8. The van der Waals surface area contributed by atoms with Gasteiger partial charge in [0.15, 0.2) is 11.5 Å². The molecule has 3 aromatic rings. The number of anilines is 1. The van der Waals surface area contributed by atoms with E-state index >= 15 is 0 Å². The third kappa shape index (κ3) is 3.87. The molecule has 1 amide bonds. The number of H-pyrrole nitrogens is 1. The zero-order valence-corrected chi connectivity index (χ0v) is 17.0. The van der Waals surface area contributed by atoms with Gasteiger partial charge >= 0.3 is 0 Å². The number of aromatic nitrogens is 4. The standard InChI is InChI=1S/C22H27N7O/c30-22(18-7-4-10-29(18)13-16-5-2-1-3-6-16)27-17-8-11-28(12-9-17)21-19-20(24-14-23-19)25-15-26-21/h1-3,5-6,14-15,17-18H,4,7-13H2,(H,27,30)(H,23,24,25,26). The van der Waals surface area contributed by atoms with Crippen LogP contribution in [0.3, 0.4) is 0 Å². The number of piperidine rings is 1. The second-order valence-corrected chi connectivity index (χ2v) is 8.18. The first kappa shape index (κ1) is 19.0. The summed E-state index contributed by atoms with van der Waals surface area (Å²) in [6.45, 7) is 3.54. The second kappa shape index (κ2) is 8.39. The van der Waals surface area contributed by atoms with Crippen LogP contribution < -0.4 is 10.2 Å². The average molecular weight is 406 g/mol. The Balaban J connectivity index is 1.17. The molecule has 0 radical (unpaired) electrons. The van der Waals surface area contributed by atoms with Crippen LogP contribution >= 0.6 is 0 Å². The zero-order valence-electron chi connectivity index (χ0n) is 17.0. The Morgan fingerprint density at radius 2 is 1.90 bits per heavy atom. The Labute approximate surface area is 175 Å². The molecule has 0 aliphatic carbocycles. The van der Waals surface area contributed by atoms with Gasteiger partial charge < -0.3 is 15.2 Å². The monoisotopic (exact) mass is 405 g/mol. The maximum Gasteiger partial charge on any atom is 0.237 e. The molecule has 1 aromatic carbocycles. The molecule has 1 atom stereocenters. The van der Waals surface area contributed by atoms with E-state index in [1.54, 1.807) is 12.7 Å². The van der Waals surface area contributed by atoms with Gasteiger partial charge in [0.25, 0.3) is 0 Å². The molecule has 1 unspecified atom stereocenters. The average Bonchev–Trinajstić information content (AvgIpc) is 3.44. The van der Waals surface area contributed by atoms with Gasteiger partial charge in [-0.3, -0.25) is 9.69 Å². The summed E-state index contributed by atoms with van der Waals surface area (Å²) in [7, 11) is 0. The molecule has 8 heteroatoms. The van der Waals surface area contributed by atoms with E-state index in [-0.39, 0.29) is 18.0 Å². The normalized spacial score (nSPS) is 20.7.